The third-order valence-corrected chi connectivity index (χ3v) is 8.33. The van der Waals surface area contributed by atoms with Crippen LogP contribution in [0.1, 0.15) is 104 Å². The number of rotatable bonds is 5. The third-order valence-electron chi connectivity index (χ3n) is 8.33. The van der Waals surface area contributed by atoms with E-state index in [1.54, 1.807) is 0 Å². The van der Waals surface area contributed by atoms with Crippen LogP contribution in [0.15, 0.2) is 58.8 Å². The number of ether oxygens (including phenoxy) is 1. The molecule has 0 radical (unpaired) electrons. The maximum atomic E-state index is 13.5. The molecular formula is C35H48F3NO3. The number of nitrogens with zero attached hydrogens (tertiary/aromatic N) is 1. The average molecular weight is 588 g/mol. The molecule has 4 rings (SSSR count). The summed E-state index contributed by atoms with van der Waals surface area (Å²) in [6, 6.07) is 2.19. The summed E-state index contributed by atoms with van der Waals surface area (Å²) in [5.74, 6) is -0.462. The van der Waals surface area contributed by atoms with Crippen molar-refractivity contribution in [2.75, 3.05) is 6.61 Å². The van der Waals surface area contributed by atoms with Crippen molar-refractivity contribution < 1.29 is 27.8 Å². The Bertz CT molecular complexity index is 1240. The minimum atomic E-state index is -2.48. The van der Waals surface area contributed by atoms with E-state index in [1.165, 1.54) is 16.7 Å². The van der Waals surface area contributed by atoms with E-state index in [1.807, 2.05) is 53.8 Å². The number of hydrogen-bond donors (Lipinski definition) is 1. The van der Waals surface area contributed by atoms with Crippen molar-refractivity contribution in [2.45, 2.75) is 99.8 Å². The van der Waals surface area contributed by atoms with Gasteiger partial charge in [0.25, 0.3) is 6.47 Å². The van der Waals surface area contributed by atoms with Crippen LogP contribution in [0.2, 0.25) is 0 Å². The number of aromatic nitrogens is 1. The zero-order valence-corrected chi connectivity index (χ0v) is 26.5. The van der Waals surface area contributed by atoms with Gasteiger partial charge in [-0.15, -0.1) is 0 Å². The van der Waals surface area contributed by atoms with E-state index in [0.29, 0.717) is 43.6 Å². The molecule has 0 bridgehead atoms. The molecule has 2 aliphatic carbocycles. The van der Waals surface area contributed by atoms with Crippen LogP contribution in [0.25, 0.3) is 11.1 Å². The van der Waals surface area contributed by atoms with Crippen LogP contribution in [0, 0.1) is 24.7 Å². The number of carbonyl (C=O) groups is 1. The van der Waals surface area contributed by atoms with E-state index in [9.17, 15) is 13.2 Å². The van der Waals surface area contributed by atoms with E-state index in [2.05, 4.69) is 37.0 Å². The lowest BCUT2D eigenvalue weighted by Gasteiger charge is -2.29. The molecule has 1 N–H and O–H groups in total. The van der Waals surface area contributed by atoms with E-state index >= 15 is 0 Å². The second-order valence-corrected chi connectivity index (χ2v) is 12.0. The predicted molar refractivity (Wildman–Crippen MR) is 166 cm³/mol. The molecular weight excluding hydrogens is 539 g/mol. The molecule has 1 fully saturated rings. The Morgan fingerprint density at radius 2 is 1.81 bits per heavy atom. The highest BCUT2D eigenvalue weighted by Gasteiger charge is 2.35. The second kappa shape index (κ2) is 15.9. The SMILES string of the molecule is C/C=C(/CC1CCC(F)(F)CC1)c1cc(C2=C(C)OCC(C)=C2C)cnc1C.CC1C=CC(C(C)C)=C(F)C1.O=CO. The molecule has 0 saturated heterocycles. The zero-order chi connectivity index (χ0) is 31.6. The van der Waals surface area contributed by atoms with Gasteiger partial charge in [-0.2, -0.15) is 0 Å². The van der Waals surface area contributed by atoms with Gasteiger partial charge in [0.2, 0.25) is 5.92 Å². The molecule has 232 valence electrons. The summed E-state index contributed by atoms with van der Waals surface area (Å²) in [6.45, 7) is 16.8. The van der Waals surface area contributed by atoms with Gasteiger partial charge in [0.15, 0.2) is 0 Å². The molecule has 42 heavy (non-hydrogen) atoms. The Morgan fingerprint density at radius 3 is 2.36 bits per heavy atom. The number of carboxylic acid groups (broad SMARTS) is 1. The van der Waals surface area contributed by atoms with E-state index < -0.39 is 5.92 Å². The summed E-state index contributed by atoms with van der Waals surface area (Å²) < 4.78 is 46.0. The third kappa shape index (κ3) is 9.74. The molecule has 7 heteroatoms. The number of aryl methyl sites for hydroxylation is 1. The summed E-state index contributed by atoms with van der Waals surface area (Å²) in [6.07, 6.45) is 10.7. The van der Waals surface area contributed by atoms with Crippen LogP contribution < -0.4 is 0 Å². The summed E-state index contributed by atoms with van der Waals surface area (Å²) >= 11 is 0. The Labute approximate surface area is 250 Å². The first-order chi connectivity index (χ1) is 19.7. The molecule has 1 aromatic rings. The van der Waals surface area contributed by atoms with E-state index in [0.717, 1.165) is 40.1 Å². The molecule has 0 spiro atoms. The van der Waals surface area contributed by atoms with Crippen molar-refractivity contribution in [3.05, 3.63) is 75.6 Å². The van der Waals surface area contributed by atoms with Crippen LogP contribution in [0.4, 0.5) is 13.2 Å². The molecule has 2 heterocycles. The van der Waals surface area contributed by atoms with Gasteiger partial charge < -0.3 is 9.84 Å². The van der Waals surface area contributed by atoms with Gasteiger partial charge in [-0.1, -0.05) is 39.0 Å². The topological polar surface area (TPSA) is 59.4 Å². The minimum absolute atomic E-state index is 0.0125. The zero-order valence-electron chi connectivity index (χ0n) is 26.5. The molecule has 3 aliphatic rings. The number of halogens is 3. The molecule has 1 atom stereocenters. The molecule has 1 unspecified atom stereocenters. The van der Waals surface area contributed by atoms with E-state index in [4.69, 9.17) is 14.6 Å². The van der Waals surface area contributed by atoms with Crippen LogP contribution >= 0.6 is 0 Å². The van der Waals surface area contributed by atoms with Crippen molar-refractivity contribution in [2.24, 2.45) is 17.8 Å². The molecule has 1 aliphatic heterocycles. The van der Waals surface area contributed by atoms with Crippen LogP contribution in [-0.4, -0.2) is 29.1 Å². The van der Waals surface area contributed by atoms with Gasteiger partial charge >= 0.3 is 0 Å². The van der Waals surface area contributed by atoms with Gasteiger partial charge in [-0.05, 0) is 106 Å². The average Bonchev–Trinajstić information content (AvgIpc) is 2.92. The first kappa shape index (κ1) is 35.1. The summed E-state index contributed by atoms with van der Waals surface area (Å²) in [4.78, 5) is 13.0. The molecule has 0 aromatic carbocycles. The second-order valence-electron chi connectivity index (χ2n) is 12.0. The lowest BCUT2D eigenvalue weighted by Crippen LogP contribution is -2.24. The lowest BCUT2D eigenvalue weighted by molar-refractivity contribution is -0.122. The first-order valence-corrected chi connectivity index (χ1v) is 14.9. The van der Waals surface area contributed by atoms with Gasteiger partial charge in [0.05, 0.1) is 0 Å². The van der Waals surface area contributed by atoms with Crippen LogP contribution in [0.3, 0.4) is 0 Å². The number of alkyl halides is 2. The van der Waals surface area contributed by atoms with Gasteiger partial charge in [0.1, 0.15) is 18.2 Å². The largest absolute Gasteiger partial charge is 0.493 e. The van der Waals surface area contributed by atoms with Crippen molar-refractivity contribution in [1.82, 2.24) is 4.98 Å². The Hall–Kier alpha value is -3.09. The molecule has 4 nitrogen and oxygen atoms in total. The van der Waals surface area contributed by atoms with Crippen LogP contribution in [0.5, 0.6) is 0 Å². The summed E-state index contributed by atoms with van der Waals surface area (Å²) in [5.41, 5.74) is 8.84. The van der Waals surface area contributed by atoms with Crippen molar-refractivity contribution in [1.29, 1.82) is 0 Å². The van der Waals surface area contributed by atoms with Gasteiger partial charge in [-0.25, -0.2) is 13.2 Å². The molecule has 1 saturated carbocycles. The highest BCUT2D eigenvalue weighted by atomic mass is 19.3. The number of pyridine rings is 1. The van der Waals surface area contributed by atoms with Crippen molar-refractivity contribution >= 4 is 17.6 Å². The Balaban J connectivity index is 0.000000365. The fraction of sp³-hybridized carbons (Fsp3) is 0.543. The quantitative estimate of drug-likeness (QED) is 0.348. The monoisotopic (exact) mass is 587 g/mol. The molecule has 1 aromatic heterocycles. The summed E-state index contributed by atoms with van der Waals surface area (Å²) in [5, 5.41) is 6.89. The molecule has 0 amide bonds. The highest BCUT2D eigenvalue weighted by Crippen LogP contribution is 2.41. The Morgan fingerprint density at radius 1 is 1.19 bits per heavy atom. The minimum Gasteiger partial charge on any atom is -0.493 e. The Kier molecular flexibility index (Phi) is 13.3. The smallest absolute Gasteiger partial charge is 0.290 e. The first-order valence-electron chi connectivity index (χ1n) is 14.9. The standard InChI is InChI=1S/C24H31F2NO.C10H15F.CH2O2/c1-6-20(11-19-7-9-24(25,26)10-8-19)22-12-21(13-27-17(22)4)23-16(3)15(2)14-28-18(23)5;1-7(2)9-5-4-8(3)6-10(9)11;2-1-3/h6,12-13,19H,7-11,14H2,1-5H3;4-5,7-8H,6H2,1-3H3;1H,(H,2,3)/b20-6-;;. The summed E-state index contributed by atoms with van der Waals surface area (Å²) in [7, 11) is 0. The van der Waals surface area contributed by atoms with Gasteiger partial charge in [-0.3, -0.25) is 9.78 Å². The highest BCUT2D eigenvalue weighted by molar-refractivity contribution is 5.83. The fourth-order valence-corrected chi connectivity index (χ4v) is 5.62. The lowest BCUT2D eigenvalue weighted by atomic mass is 9.81. The normalized spacial score (nSPS) is 21.0. The van der Waals surface area contributed by atoms with Gasteiger partial charge in [0, 0.05) is 42.3 Å². The number of hydrogen-bond acceptors (Lipinski definition) is 3. The fourth-order valence-electron chi connectivity index (χ4n) is 5.62. The van der Waals surface area contributed by atoms with Crippen molar-refractivity contribution in [3.8, 4) is 0 Å². The van der Waals surface area contributed by atoms with Crippen LogP contribution in [-0.2, 0) is 9.53 Å². The van der Waals surface area contributed by atoms with Crippen molar-refractivity contribution in [3.63, 3.8) is 0 Å². The maximum absolute atomic E-state index is 13.5. The maximum Gasteiger partial charge on any atom is 0.290 e. The number of allylic oxidation sites excluding steroid dienone is 9. The van der Waals surface area contributed by atoms with E-state index in [-0.39, 0.29) is 25.1 Å². The predicted octanol–water partition coefficient (Wildman–Crippen LogP) is 10.3.